The molecule has 3 rings (SSSR count). The normalized spacial score (nSPS) is 22.0. The number of hydrogen-bond acceptors (Lipinski definition) is 5. The summed E-state index contributed by atoms with van der Waals surface area (Å²) in [6.07, 6.45) is 8.62. The highest BCUT2D eigenvalue weighted by atomic mass is 35.5. The third kappa shape index (κ3) is 3.97. The lowest BCUT2D eigenvalue weighted by atomic mass is 10.0. The summed E-state index contributed by atoms with van der Waals surface area (Å²) in [7, 11) is 0. The fraction of sp³-hybridized carbons (Fsp3) is 0.562. The first-order chi connectivity index (χ1) is 10.7. The second kappa shape index (κ2) is 7.09. The molecule has 2 heterocycles. The number of anilines is 1. The Bertz CT molecular complexity index is 539. The molecule has 1 fully saturated rings. The van der Waals surface area contributed by atoms with E-state index in [4.69, 9.17) is 16.3 Å². The highest BCUT2D eigenvalue weighted by molar-refractivity contribution is 6.29. The largest absolute Gasteiger partial charge is 0.462 e. The maximum Gasteiger partial charge on any atom is 0.306 e. The average molecular weight is 322 g/mol. The zero-order chi connectivity index (χ0) is 15.4. The Kier molecular flexibility index (Phi) is 4.93. The third-order valence-corrected chi connectivity index (χ3v) is 4.42. The van der Waals surface area contributed by atoms with Crippen LogP contribution in [0.5, 0.6) is 0 Å². The van der Waals surface area contributed by atoms with Crippen LogP contribution >= 0.6 is 11.6 Å². The second-order valence-electron chi connectivity index (χ2n) is 5.86. The summed E-state index contributed by atoms with van der Waals surface area (Å²) in [6, 6.07) is 3.61. The van der Waals surface area contributed by atoms with E-state index in [1.165, 1.54) is 0 Å². The maximum absolute atomic E-state index is 11.9. The van der Waals surface area contributed by atoms with Crippen molar-refractivity contribution in [2.45, 2.75) is 38.2 Å². The van der Waals surface area contributed by atoms with Crippen molar-refractivity contribution in [3.05, 3.63) is 29.4 Å². The SMILES string of the molecule is O=C(C[C@H]1C=CCC1)OC1CCN(c2ccc(Cl)nn2)CC1. The molecule has 1 aliphatic carbocycles. The second-order valence-corrected chi connectivity index (χ2v) is 6.25. The first kappa shape index (κ1) is 15.3. The Hall–Kier alpha value is -1.62. The van der Waals surface area contributed by atoms with Gasteiger partial charge in [0.1, 0.15) is 6.10 Å². The summed E-state index contributed by atoms with van der Waals surface area (Å²) in [5.41, 5.74) is 0. The molecule has 0 bridgehead atoms. The smallest absolute Gasteiger partial charge is 0.306 e. The number of carbonyl (C=O) groups excluding carboxylic acids is 1. The standard InChI is InChI=1S/C16H20ClN3O2/c17-14-5-6-15(19-18-14)20-9-7-13(8-10-20)22-16(21)11-12-3-1-2-4-12/h1,3,5-6,12-13H,2,4,7-11H2/t12-/m0/s1. The highest BCUT2D eigenvalue weighted by Crippen LogP contribution is 2.23. The fourth-order valence-electron chi connectivity index (χ4n) is 2.99. The number of hydrogen-bond donors (Lipinski definition) is 0. The van der Waals surface area contributed by atoms with Gasteiger partial charge in [0.25, 0.3) is 0 Å². The number of aromatic nitrogens is 2. The van der Waals surface area contributed by atoms with Crippen molar-refractivity contribution in [1.82, 2.24) is 10.2 Å². The molecule has 1 aliphatic heterocycles. The van der Waals surface area contributed by atoms with Crippen LogP contribution in [0.1, 0.15) is 32.1 Å². The first-order valence-corrected chi connectivity index (χ1v) is 8.19. The lowest BCUT2D eigenvalue weighted by molar-refractivity contribution is -0.150. The molecule has 0 unspecified atom stereocenters. The number of ether oxygens (including phenoxy) is 1. The molecule has 1 atom stereocenters. The minimum Gasteiger partial charge on any atom is -0.462 e. The van der Waals surface area contributed by atoms with Gasteiger partial charge in [-0.3, -0.25) is 4.79 Å². The van der Waals surface area contributed by atoms with Gasteiger partial charge in [0, 0.05) is 25.9 Å². The van der Waals surface area contributed by atoms with Gasteiger partial charge in [-0.25, -0.2) is 0 Å². The topological polar surface area (TPSA) is 55.3 Å². The summed E-state index contributed by atoms with van der Waals surface area (Å²) in [5, 5.41) is 8.34. The van der Waals surface area contributed by atoms with E-state index in [1.807, 2.05) is 6.07 Å². The van der Waals surface area contributed by atoms with Gasteiger partial charge < -0.3 is 9.64 Å². The first-order valence-electron chi connectivity index (χ1n) is 7.81. The van der Waals surface area contributed by atoms with E-state index in [1.54, 1.807) is 6.07 Å². The zero-order valence-corrected chi connectivity index (χ0v) is 13.2. The Morgan fingerprint density at radius 2 is 2.09 bits per heavy atom. The molecule has 22 heavy (non-hydrogen) atoms. The molecule has 0 N–H and O–H groups in total. The zero-order valence-electron chi connectivity index (χ0n) is 12.4. The molecule has 1 aromatic rings. The van der Waals surface area contributed by atoms with Gasteiger partial charge in [0.2, 0.25) is 0 Å². The van der Waals surface area contributed by atoms with Crippen molar-refractivity contribution in [3.63, 3.8) is 0 Å². The average Bonchev–Trinajstić information content (AvgIpc) is 3.02. The number of esters is 1. The fourth-order valence-corrected chi connectivity index (χ4v) is 3.09. The minimum atomic E-state index is -0.0683. The summed E-state index contributed by atoms with van der Waals surface area (Å²) >= 11 is 5.75. The van der Waals surface area contributed by atoms with E-state index in [0.29, 0.717) is 17.5 Å². The number of piperidine rings is 1. The molecule has 1 saturated heterocycles. The maximum atomic E-state index is 11.9. The van der Waals surface area contributed by atoms with E-state index in [-0.39, 0.29) is 12.1 Å². The summed E-state index contributed by atoms with van der Waals surface area (Å²) in [6.45, 7) is 1.63. The quantitative estimate of drug-likeness (QED) is 0.630. The lowest BCUT2D eigenvalue weighted by Gasteiger charge is -2.32. The van der Waals surface area contributed by atoms with Crippen molar-refractivity contribution in [2.75, 3.05) is 18.0 Å². The highest BCUT2D eigenvalue weighted by Gasteiger charge is 2.24. The minimum absolute atomic E-state index is 0.0226. The van der Waals surface area contributed by atoms with Gasteiger partial charge in [0.05, 0.1) is 6.42 Å². The van der Waals surface area contributed by atoms with Gasteiger partial charge in [-0.15, -0.1) is 10.2 Å². The predicted octanol–water partition coefficient (Wildman–Crippen LogP) is 3.00. The van der Waals surface area contributed by atoms with Crippen LogP contribution in [0.15, 0.2) is 24.3 Å². The van der Waals surface area contributed by atoms with Crippen molar-refractivity contribution >= 4 is 23.4 Å². The summed E-state index contributed by atoms with van der Waals surface area (Å²) in [5.74, 6) is 1.13. The molecular formula is C16H20ClN3O2. The van der Waals surface area contributed by atoms with Gasteiger partial charge in [-0.1, -0.05) is 23.8 Å². The van der Waals surface area contributed by atoms with Gasteiger partial charge >= 0.3 is 5.97 Å². The number of carbonyl (C=O) groups is 1. The van der Waals surface area contributed by atoms with Crippen LogP contribution in [0, 0.1) is 5.92 Å². The van der Waals surface area contributed by atoms with Crippen LogP contribution in [0.25, 0.3) is 0 Å². The van der Waals surface area contributed by atoms with Crippen LogP contribution in [0.4, 0.5) is 5.82 Å². The number of allylic oxidation sites excluding steroid dienone is 2. The molecule has 5 nitrogen and oxygen atoms in total. The van der Waals surface area contributed by atoms with Crippen molar-refractivity contribution < 1.29 is 9.53 Å². The van der Waals surface area contributed by atoms with E-state index >= 15 is 0 Å². The van der Waals surface area contributed by atoms with E-state index < -0.39 is 0 Å². The molecule has 1 aromatic heterocycles. The third-order valence-electron chi connectivity index (χ3n) is 4.22. The Balaban J connectivity index is 1.44. The predicted molar refractivity (Wildman–Crippen MR) is 84.9 cm³/mol. The lowest BCUT2D eigenvalue weighted by Crippen LogP contribution is -2.38. The van der Waals surface area contributed by atoms with Crippen molar-refractivity contribution in [1.29, 1.82) is 0 Å². The summed E-state index contributed by atoms with van der Waals surface area (Å²) in [4.78, 5) is 14.1. The van der Waals surface area contributed by atoms with Crippen molar-refractivity contribution in [2.24, 2.45) is 5.92 Å². The molecule has 6 heteroatoms. The number of halogens is 1. The molecule has 2 aliphatic rings. The Morgan fingerprint density at radius 3 is 2.73 bits per heavy atom. The molecule has 0 radical (unpaired) electrons. The van der Waals surface area contributed by atoms with Crippen LogP contribution < -0.4 is 4.90 Å². The Labute approximate surface area is 135 Å². The van der Waals surface area contributed by atoms with Crippen LogP contribution in [0.3, 0.4) is 0 Å². The van der Waals surface area contributed by atoms with Gasteiger partial charge in [-0.05, 0) is 30.9 Å². The van der Waals surface area contributed by atoms with Gasteiger partial charge in [0.15, 0.2) is 11.0 Å². The van der Waals surface area contributed by atoms with Crippen LogP contribution in [-0.4, -0.2) is 35.4 Å². The molecule has 0 spiro atoms. The molecule has 0 aromatic carbocycles. The van der Waals surface area contributed by atoms with Crippen molar-refractivity contribution in [3.8, 4) is 0 Å². The monoisotopic (exact) mass is 321 g/mol. The van der Waals surface area contributed by atoms with E-state index in [2.05, 4.69) is 27.2 Å². The molecule has 0 amide bonds. The number of rotatable bonds is 4. The summed E-state index contributed by atoms with van der Waals surface area (Å²) < 4.78 is 5.60. The van der Waals surface area contributed by atoms with Crippen LogP contribution in [0.2, 0.25) is 5.15 Å². The van der Waals surface area contributed by atoms with E-state index in [9.17, 15) is 4.79 Å². The molecule has 0 saturated carbocycles. The number of nitrogens with zero attached hydrogens (tertiary/aromatic N) is 3. The molecular weight excluding hydrogens is 302 g/mol. The Morgan fingerprint density at radius 1 is 1.27 bits per heavy atom. The van der Waals surface area contributed by atoms with E-state index in [0.717, 1.165) is 44.6 Å². The van der Waals surface area contributed by atoms with Gasteiger partial charge in [-0.2, -0.15) is 0 Å². The molecule has 118 valence electrons. The van der Waals surface area contributed by atoms with Crippen LogP contribution in [-0.2, 0) is 9.53 Å².